The van der Waals surface area contributed by atoms with E-state index >= 15 is 0 Å². The summed E-state index contributed by atoms with van der Waals surface area (Å²) in [6.07, 6.45) is 0. The lowest BCUT2D eigenvalue weighted by molar-refractivity contribution is 0.0600. The highest BCUT2D eigenvalue weighted by molar-refractivity contribution is 6.67. The molecule has 0 unspecified atom stereocenters. The topological polar surface area (TPSA) is 56.5 Å². The van der Waals surface area contributed by atoms with E-state index in [-0.39, 0.29) is 5.76 Å². The second kappa shape index (κ2) is 5.06. The standard InChI is InChI=1S/C13H9ClO4/c1-17-13(16)9-4-2-3-8(7-9)10-5-6-11(18-10)12(14)15/h2-7H,1H3. The number of rotatable bonds is 3. The maximum Gasteiger partial charge on any atom is 0.337 e. The molecule has 0 saturated carbocycles. The first-order valence-electron chi connectivity index (χ1n) is 5.10. The van der Waals surface area contributed by atoms with Crippen molar-refractivity contribution in [3.8, 4) is 11.3 Å². The van der Waals surface area contributed by atoms with Gasteiger partial charge in [-0.2, -0.15) is 0 Å². The van der Waals surface area contributed by atoms with Crippen molar-refractivity contribution in [2.24, 2.45) is 0 Å². The van der Waals surface area contributed by atoms with Crippen LogP contribution in [0.25, 0.3) is 11.3 Å². The van der Waals surface area contributed by atoms with E-state index in [9.17, 15) is 9.59 Å². The Kier molecular flexibility index (Phi) is 3.48. The molecule has 0 spiro atoms. The molecule has 0 amide bonds. The SMILES string of the molecule is COC(=O)c1cccc(-c2ccc(C(=O)Cl)o2)c1. The summed E-state index contributed by atoms with van der Waals surface area (Å²) in [5.41, 5.74) is 1.08. The monoisotopic (exact) mass is 264 g/mol. The van der Waals surface area contributed by atoms with Crippen LogP contribution in [-0.2, 0) is 4.74 Å². The van der Waals surface area contributed by atoms with Crippen LogP contribution < -0.4 is 0 Å². The summed E-state index contributed by atoms with van der Waals surface area (Å²) in [6, 6.07) is 9.81. The van der Waals surface area contributed by atoms with Gasteiger partial charge < -0.3 is 9.15 Å². The van der Waals surface area contributed by atoms with Gasteiger partial charge in [-0.1, -0.05) is 12.1 Å². The molecule has 0 atom stereocenters. The van der Waals surface area contributed by atoms with Gasteiger partial charge in [0.1, 0.15) is 5.76 Å². The molecule has 4 nitrogen and oxygen atoms in total. The lowest BCUT2D eigenvalue weighted by Crippen LogP contribution is -2.00. The average Bonchev–Trinajstić information content (AvgIpc) is 2.88. The smallest absolute Gasteiger partial charge is 0.337 e. The summed E-state index contributed by atoms with van der Waals surface area (Å²) in [5.74, 6) is 0.0944. The van der Waals surface area contributed by atoms with Gasteiger partial charge in [-0.3, -0.25) is 4.79 Å². The highest BCUT2D eigenvalue weighted by atomic mass is 35.5. The Morgan fingerprint density at radius 2 is 2.00 bits per heavy atom. The molecule has 0 bridgehead atoms. The van der Waals surface area contributed by atoms with E-state index in [2.05, 4.69) is 4.74 Å². The van der Waals surface area contributed by atoms with Crippen molar-refractivity contribution in [2.75, 3.05) is 7.11 Å². The van der Waals surface area contributed by atoms with Crippen LogP contribution in [0.15, 0.2) is 40.8 Å². The van der Waals surface area contributed by atoms with E-state index in [0.717, 1.165) is 0 Å². The molecule has 1 aromatic carbocycles. The van der Waals surface area contributed by atoms with Gasteiger partial charge >= 0.3 is 5.97 Å². The predicted molar refractivity (Wildman–Crippen MR) is 65.7 cm³/mol. The molecule has 0 radical (unpaired) electrons. The van der Waals surface area contributed by atoms with Crippen LogP contribution in [0.4, 0.5) is 0 Å². The number of esters is 1. The van der Waals surface area contributed by atoms with Crippen LogP contribution in [0.5, 0.6) is 0 Å². The third-order valence-electron chi connectivity index (χ3n) is 2.37. The minimum Gasteiger partial charge on any atom is -0.465 e. The average molecular weight is 265 g/mol. The van der Waals surface area contributed by atoms with Crippen LogP contribution in [0.3, 0.4) is 0 Å². The van der Waals surface area contributed by atoms with Gasteiger partial charge in [-0.25, -0.2) is 4.79 Å². The fourth-order valence-corrected chi connectivity index (χ4v) is 1.62. The second-order valence-corrected chi connectivity index (χ2v) is 3.85. The van der Waals surface area contributed by atoms with Crippen molar-refractivity contribution in [1.29, 1.82) is 0 Å². The first-order chi connectivity index (χ1) is 8.61. The first kappa shape index (κ1) is 12.4. The van der Waals surface area contributed by atoms with Crippen molar-refractivity contribution in [1.82, 2.24) is 0 Å². The molecule has 5 heteroatoms. The number of carbonyl (C=O) groups excluding carboxylic acids is 2. The zero-order valence-electron chi connectivity index (χ0n) is 9.48. The van der Waals surface area contributed by atoms with E-state index in [4.69, 9.17) is 16.0 Å². The summed E-state index contributed by atoms with van der Waals surface area (Å²) >= 11 is 5.30. The molecule has 92 valence electrons. The first-order valence-corrected chi connectivity index (χ1v) is 5.48. The third kappa shape index (κ3) is 2.43. The number of halogens is 1. The number of hydrogen-bond donors (Lipinski definition) is 0. The minimum absolute atomic E-state index is 0.0649. The summed E-state index contributed by atoms with van der Waals surface area (Å²) < 4.78 is 9.89. The predicted octanol–water partition coefficient (Wildman–Crippen LogP) is 3.11. The van der Waals surface area contributed by atoms with Crippen molar-refractivity contribution in [3.05, 3.63) is 47.7 Å². The maximum atomic E-state index is 11.4. The Morgan fingerprint density at radius 1 is 1.22 bits per heavy atom. The van der Waals surface area contributed by atoms with E-state index in [1.165, 1.54) is 13.2 Å². The maximum absolute atomic E-state index is 11.4. The normalized spacial score (nSPS) is 10.1. The van der Waals surface area contributed by atoms with E-state index in [0.29, 0.717) is 16.9 Å². The number of ether oxygens (including phenoxy) is 1. The molecule has 0 fully saturated rings. The van der Waals surface area contributed by atoms with Crippen molar-refractivity contribution >= 4 is 22.8 Å². The van der Waals surface area contributed by atoms with E-state index in [1.807, 2.05) is 0 Å². The van der Waals surface area contributed by atoms with Gasteiger partial charge in [0.15, 0.2) is 5.76 Å². The van der Waals surface area contributed by atoms with Gasteiger partial charge in [0.2, 0.25) is 0 Å². The molecule has 2 rings (SSSR count). The summed E-state index contributed by atoms with van der Waals surface area (Å²) in [5, 5.41) is -0.662. The van der Waals surface area contributed by atoms with Crippen LogP contribution in [0.2, 0.25) is 0 Å². The molecule has 2 aromatic rings. The zero-order valence-corrected chi connectivity index (χ0v) is 10.2. The fourth-order valence-electron chi connectivity index (χ4n) is 1.52. The Bertz CT molecular complexity index is 601. The van der Waals surface area contributed by atoms with E-state index in [1.54, 1.807) is 30.3 Å². The number of benzene rings is 1. The molecule has 0 aliphatic carbocycles. The summed E-state index contributed by atoms with van der Waals surface area (Å²) in [4.78, 5) is 22.3. The Morgan fingerprint density at radius 3 is 2.61 bits per heavy atom. The van der Waals surface area contributed by atoms with Crippen LogP contribution in [-0.4, -0.2) is 18.3 Å². The Labute approximate surface area is 108 Å². The Hall–Kier alpha value is -2.07. The van der Waals surface area contributed by atoms with Crippen molar-refractivity contribution in [2.45, 2.75) is 0 Å². The molecule has 1 heterocycles. The van der Waals surface area contributed by atoms with E-state index < -0.39 is 11.2 Å². The quantitative estimate of drug-likeness (QED) is 0.631. The highest BCUT2D eigenvalue weighted by Gasteiger charge is 2.11. The second-order valence-electron chi connectivity index (χ2n) is 3.51. The van der Waals surface area contributed by atoms with Gasteiger partial charge in [0.05, 0.1) is 12.7 Å². The number of carbonyl (C=O) groups is 2. The number of hydrogen-bond acceptors (Lipinski definition) is 4. The molecule has 0 N–H and O–H groups in total. The van der Waals surface area contributed by atoms with Crippen LogP contribution >= 0.6 is 11.6 Å². The van der Waals surface area contributed by atoms with Gasteiger partial charge in [-0.15, -0.1) is 0 Å². The molecule has 0 aliphatic heterocycles. The molecule has 0 saturated heterocycles. The molecule has 18 heavy (non-hydrogen) atoms. The fraction of sp³-hybridized carbons (Fsp3) is 0.0769. The van der Waals surface area contributed by atoms with Crippen LogP contribution in [0, 0.1) is 0 Å². The van der Waals surface area contributed by atoms with Gasteiger partial charge in [0, 0.05) is 5.56 Å². The molecular formula is C13H9ClO4. The lowest BCUT2D eigenvalue weighted by atomic mass is 10.1. The lowest BCUT2D eigenvalue weighted by Gasteiger charge is -2.01. The summed E-state index contributed by atoms with van der Waals surface area (Å²) in [6.45, 7) is 0. The van der Waals surface area contributed by atoms with Crippen molar-refractivity contribution in [3.63, 3.8) is 0 Å². The van der Waals surface area contributed by atoms with Gasteiger partial charge in [0.25, 0.3) is 5.24 Å². The molecular weight excluding hydrogens is 256 g/mol. The highest BCUT2D eigenvalue weighted by Crippen LogP contribution is 2.24. The molecule has 1 aromatic heterocycles. The summed E-state index contributed by atoms with van der Waals surface area (Å²) in [7, 11) is 1.31. The van der Waals surface area contributed by atoms with Crippen molar-refractivity contribution < 1.29 is 18.7 Å². The third-order valence-corrected chi connectivity index (χ3v) is 2.55. The molecule has 0 aliphatic rings. The minimum atomic E-state index is -0.662. The van der Waals surface area contributed by atoms with Crippen LogP contribution in [0.1, 0.15) is 20.9 Å². The van der Waals surface area contributed by atoms with Gasteiger partial charge in [-0.05, 0) is 35.9 Å². The largest absolute Gasteiger partial charge is 0.465 e. The Balaban J connectivity index is 2.38. The number of methoxy groups -OCH3 is 1. The zero-order chi connectivity index (χ0) is 13.1. The number of furan rings is 1.